The van der Waals surface area contributed by atoms with Crippen LogP contribution in [0.15, 0.2) is 16.6 Å². The molecular formula is C9H10BrF2N. The summed E-state index contributed by atoms with van der Waals surface area (Å²) in [5, 5.41) is 2.88. The summed E-state index contributed by atoms with van der Waals surface area (Å²) in [6, 6.07) is 2.72. The molecule has 0 radical (unpaired) electrons. The van der Waals surface area contributed by atoms with Crippen LogP contribution in [-0.2, 0) is 6.42 Å². The zero-order valence-corrected chi connectivity index (χ0v) is 8.79. The van der Waals surface area contributed by atoms with E-state index in [1.807, 2.05) is 0 Å². The predicted octanol–water partition coefficient (Wildman–Crippen LogP) is 2.49. The van der Waals surface area contributed by atoms with Gasteiger partial charge in [-0.25, -0.2) is 8.78 Å². The highest BCUT2D eigenvalue weighted by molar-refractivity contribution is 9.10. The van der Waals surface area contributed by atoms with E-state index >= 15 is 0 Å². The SMILES string of the molecule is CNCCc1cc(Br)cc(F)c1F. The Kier molecular flexibility index (Phi) is 3.81. The maximum atomic E-state index is 13.1. The van der Waals surface area contributed by atoms with E-state index in [0.29, 0.717) is 23.0 Å². The third kappa shape index (κ3) is 2.74. The van der Waals surface area contributed by atoms with Crippen LogP contribution in [0.2, 0.25) is 0 Å². The molecule has 1 nitrogen and oxygen atoms in total. The highest BCUT2D eigenvalue weighted by Crippen LogP contribution is 2.19. The van der Waals surface area contributed by atoms with Crippen molar-refractivity contribution in [3.63, 3.8) is 0 Å². The van der Waals surface area contributed by atoms with Crippen molar-refractivity contribution in [2.45, 2.75) is 6.42 Å². The van der Waals surface area contributed by atoms with Gasteiger partial charge in [0.05, 0.1) is 0 Å². The van der Waals surface area contributed by atoms with E-state index in [2.05, 4.69) is 21.2 Å². The number of likely N-dealkylation sites (N-methyl/N-ethyl adjacent to an activating group) is 1. The molecule has 0 aliphatic carbocycles. The minimum Gasteiger partial charge on any atom is -0.319 e. The minimum absolute atomic E-state index is 0.390. The molecule has 0 aromatic heterocycles. The molecule has 13 heavy (non-hydrogen) atoms. The topological polar surface area (TPSA) is 12.0 Å². The summed E-state index contributed by atoms with van der Waals surface area (Å²) in [6.45, 7) is 0.632. The van der Waals surface area contributed by atoms with E-state index in [-0.39, 0.29) is 0 Å². The summed E-state index contributed by atoms with van der Waals surface area (Å²) in [5.74, 6) is -1.56. The fraction of sp³-hybridized carbons (Fsp3) is 0.333. The lowest BCUT2D eigenvalue weighted by molar-refractivity contribution is 0.497. The summed E-state index contributed by atoms with van der Waals surface area (Å²) in [7, 11) is 1.77. The third-order valence-electron chi connectivity index (χ3n) is 1.71. The Morgan fingerprint density at radius 1 is 1.38 bits per heavy atom. The lowest BCUT2D eigenvalue weighted by Crippen LogP contribution is -2.11. The van der Waals surface area contributed by atoms with E-state index in [4.69, 9.17) is 0 Å². The molecule has 0 spiro atoms. The Morgan fingerprint density at radius 2 is 2.08 bits per heavy atom. The van der Waals surface area contributed by atoms with Crippen LogP contribution in [0.1, 0.15) is 5.56 Å². The Bertz CT molecular complexity index is 302. The predicted molar refractivity (Wildman–Crippen MR) is 51.7 cm³/mol. The molecule has 0 amide bonds. The largest absolute Gasteiger partial charge is 0.319 e. The molecular weight excluding hydrogens is 240 g/mol. The highest BCUT2D eigenvalue weighted by Gasteiger charge is 2.08. The van der Waals surface area contributed by atoms with Gasteiger partial charge in [0.15, 0.2) is 11.6 Å². The van der Waals surface area contributed by atoms with Gasteiger partial charge < -0.3 is 5.32 Å². The lowest BCUT2D eigenvalue weighted by Gasteiger charge is -2.04. The van der Waals surface area contributed by atoms with E-state index < -0.39 is 11.6 Å². The van der Waals surface area contributed by atoms with Gasteiger partial charge in [0.25, 0.3) is 0 Å². The molecule has 1 aromatic carbocycles. The Morgan fingerprint density at radius 3 is 2.69 bits per heavy atom. The zero-order valence-electron chi connectivity index (χ0n) is 7.20. The van der Waals surface area contributed by atoms with Crippen molar-refractivity contribution >= 4 is 15.9 Å². The fourth-order valence-corrected chi connectivity index (χ4v) is 1.53. The fourth-order valence-electron chi connectivity index (χ4n) is 1.05. The van der Waals surface area contributed by atoms with E-state index in [0.717, 1.165) is 6.07 Å². The van der Waals surface area contributed by atoms with Crippen LogP contribution in [0, 0.1) is 11.6 Å². The van der Waals surface area contributed by atoms with E-state index in [1.54, 1.807) is 13.1 Å². The molecule has 0 atom stereocenters. The van der Waals surface area contributed by atoms with Crippen molar-refractivity contribution in [1.82, 2.24) is 5.32 Å². The number of benzene rings is 1. The molecule has 1 aromatic rings. The standard InChI is InChI=1S/C9H10BrF2N/c1-13-3-2-6-4-7(10)5-8(11)9(6)12/h4-5,13H,2-3H2,1H3. The van der Waals surface area contributed by atoms with Crippen LogP contribution in [0.5, 0.6) is 0 Å². The molecule has 0 bridgehead atoms. The van der Waals surface area contributed by atoms with Crippen LogP contribution in [-0.4, -0.2) is 13.6 Å². The first kappa shape index (κ1) is 10.6. The van der Waals surface area contributed by atoms with Crippen LogP contribution >= 0.6 is 15.9 Å². The third-order valence-corrected chi connectivity index (χ3v) is 2.17. The second-order valence-corrected chi connectivity index (χ2v) is 3.63. The van der Waals surface area contributed by atoms with Crippen molar-refractivity contribution < 1.29 is 8.78 Å². The first-order valence-electron chi connectivity index (χ1n) is 3.93. The Labute approximate surface area is 84.3 Å². The van der Waals surface area contributed by atoms with Gasteiger partial charge in [0, 0.05) is 4.47 Å². The van der Waals surface area contributed by atoms with E-state index in [9.17, 15) is 8.78 Å². The Hall–Kier alpha value is -0.480. The van der Waals surface area contributed by atoms with Gasteiger partial charge in [0.2, 0.25) is 0 Å². The summed E-state index contributed by atoms with van der Waals surface area (Å²) < 4.78 is 26.5. The summed E-state index contributed by atoms with van der Waals surface area (Å²) in [5.41, 5.74) is 0.390. The molecule has 0 unspecified atom stereocenters. The Balaban J connectivity index is 2.92. The lowest BCUT2D eigenvalue weighted by atomic mass is 10.1. The molecule has 1 N–H and O–H groups in total. The van der Waals surface area contributed by atoms with Crippen molar-refractivity contribution in [3.05, 3.63) is 33.8 Å². The quantitative estimate of drug-likeness (QED) is 0.812. The first-order chi connectivity index (χ1) is 6.15. The molecule has 0 heterocycles. The molecule has 1 rings (SSSR count). The van der Waals surface area contributed by atoms with Gasteiger partial charge in [-0.1, -0.05) is 15.9 Å². The maximum Gasteiger partial charge on any atom is 0.162 e. The van der Waals surface area contributed by atoms with Crippen molar-refractivity contribution in [1.29, 1.82) is 0 Å². The maximum absolute atomic E-state index is 13.1. The average molecular weight is 250 g/mol. The van der Waals surface area contributed by atoms with Gasteiger partial charge in [-0.3, -0.25) is 0 Å². The average Bonchev–Trinajstić information content (AvgIpc) is 2.09. The van der Waals surface area contributed by atoms with Gasteiger partial charge in [-0.05, 0) is 37.7 Å². The van der Waals surface area contributed by atoms with Crippen molar-refractivity contribution in [2.24, 2.45) is 0 Å². The molecule has 0 aliphatic heterocycles. The smallest absolute Gasteiger partial charge is 0.162 e. The van der Waals surface area contributed by atoms with Gasteiger partial charge >= 0.3 is 0 Å². The van der Waals surface area contributed by atoms with Crippen LogP contribution in [0.4, 0.5) is 8.78 Å². The second-order valence-electron chi connectivity index (χ2n) is 2.71. The molecule has 4 heteroatoms. The van der Waals surface area contributed by atoms with Crippen LogP contribution in [0.25, 0.3) is 0 Å². The van der Waals surface area contributed by atoms with Crippen LogP contribution < -0.4 is 5.32 Å². The highest BCUT2D eigenvalue weighted by atomic mass is 79.9. The zero-order chi connectivity index (χ0) is 9.84. The van der Waals surface area contributed by atoms with Gasteiger partial charge in [0.1, 0.15) is 0 Å². The molecule has 0 saturated heterocycles. The second kappa shape index (κ2) is 4.67. The number of halogens is 3. The van der Waals surface area contributed by atoms with Gasteiger partial charge in [-0.15, -0.1) is 0 Å². The summed E-state index contributed by atoms with van der Waals surface area (Å²) in [6.07, 6.45) is 0.485. The number of nitrogens with one attached hydrogen (secondary N) is 1. The normalized spacial score (nSPS) is 10.5. The monoisotopic (exact) mass is 249 g/mol. The summed E-state index contributed by atoms with van der Waals surface area (Å²) in [4.78, 5) is 0. The minimum atomic E-state index is -0.805. The van der Waals surface area contributed by atoms with Crippen molar-refractivity contribution in [2.75, 3.05) is 13.6 Å². The summed E-state index contributed by atoms with van der Waals surface area (Å²) >= 11 is 3.11. The molecule has 0 fully saturated rings. The number of hydrogen-bond donors (Lipinski definition) is 1. The van der Waals surface area contributed by atoms with Gasteiger partial charge in [-0.2, -0.15) is 0 Å². The van der Waals surface area contributed by atoms with Crippen molar-refractivity contribution in [3.8, 4) is 0 Å². The number of hydrogen-bond acceptors (Lipinski definition) is 1. The van der Waals surface area contributed by atoms with E-state index in [1.165, 1.54) is 0 Å². The molecule has 0 aliphatic rings. The molecule has 72 valence electrons. The first-order valence-corrected chi connectivity index (χ1v) is 4.72. The number of rotatable bonds is 3. The molecule has 0 saturated carbocycles. The van der Waals surface area contributed by atoms with Crippen LogP contribution in [0.3, 0.4) is 0 Å².